The van der Waals surface area contributed by atoms with Crippen molar-refractivity contribution >= 4 is 5.91 Å². The fraction of sp³-hybridized carbons (Fsp3) is 0.333. The van der Waals surface area contributed by atoms with E-state index in [-0.39, 0.29) is 5.91 Å². The van der Waals surface area contributed by atoms with Crippen molar-refractivity contribution in [2.45, 2.75) is 32.4 Å². The molecule has 1 aliphatic rings. The number of nitrogens with zero attached hydrogens (tertiary/aromatic N) is 5. The van der Waals surface area contributed by atoms with E-state index < -0.39 is 0 Å². The number of benzene rings is 2. The maximum absolute atomic E-state index is 12.5. The summed E-state index contributed by atoms with van der Waals surface area (Å²) in [5, 5.41) is 14.1. The molecule has 3 aromatic rings. The van der Waals surface area contributed by atoms with Crippen LogP contribution in [0.2, 0.25) is 0 Å². The molecule has 0 bridgehead atoms. The van der Waals surface area contributed by atoms with Crippen molar-refractivity contribution in [2.24, 2.45) is 0 Å². The normalized spacial score (nSPS) is 14.7. The first-order chi connectivity index (χ1) is 13.8. The molecule has 0 unspecified atom stereocenters. The van der Waals surface area contributed by atoms with Gasteiger partial charge in [-0.25, -0.2) is 4.68 Å². The van der Waals surface area contributed by atoms with Gasteiger partial charge in [0.15, 0.2) is 0 Å². The zero-order valence-electron chi connectivity index (χ0n) is 15.8. The molecule has 2 heterocycles. The first-order valence-electron chi connectivity index (χ1n) is 9.70. The smallest absolute Gasteiger partial charge is 0.251 e. The van der Waals surface area contributed by atoms with Crippen LogP contribution in [0.1, 0.15) is 40.7 Å². The second kappa shape index (κ2) is 8.75. The maximum atomic E-state index is 12.5. The summed E-state index contributed by atoms with van der Waals surface area (Å²) in [6.45, 7) is 3.90. The van der Waals surface area contributed by atoms with Crippen LogP contribution in [0.15, 0.2) is 54.9 Å². The standard InChI is InChI=1S/C21H24N6O/c28-21(19-5-4-6-20(13-19)27-16-23-24-25-27)22-14-17-7-9-18(10-8-17)15-26-11-2-1-3-12-26/h4-10,13,16H,1-3,11-12,14-15H2,(H,22,28). The quantitative estimate of drug-likeness (QED) is 0.716. The lowest BCUT2D eigenvalue weighted by atomic mass is 10.1. The zero-order valence-corrected chi connectivity index (χ0v) is 15.8. The van der Waals surface area contributed by atoms with Crippen LogP contribution in [0.5, 0.6) is 0 Å². The Morgan fingerprint density at radius 3 is 2.54 bits per heavy atom. The summed E-state index contributed by atoms with van der Waals surface area (Å²) in [4.78, 5) is 15.0. The number of nitrogens with one attached hydrogen (secondary N) is 1. The van der Waals surface area contributed by atoms with Gasteiger partial charge < -0.3 is 5.32 Å². The second-order valence-electron chi connectivity index (χ2n) is 7.14. The van der Waals surface area contributed by atoms with Gasteiger partial charge in [-0.3, -0.25) is 9.69 Å². The molecular formula is C21H24N6O. The van der Waals surface area contributed by atoms with Crippen LogP contribution in [-0.2, 0) is 13.1 Å². The van der Waals surface area contributed by atoms with Crippen LogP contribution < -0.4 is 5.32 Å². The highest BCUT2D eigenvalue weighted by Gasteiger charge is 2.11. The van der Waals surface area contributed by atoms with Gasteiger partial charge in [0.05, 0.1) is 5.69 Å². The molecule has 7 nitrogen and oxygen atoms in total. The highest BCUT2D eigenvalue weighted by Crippen LogP contribution is 2.14. The highest BCUT2D eigenvalue weighted by atomic mass is 16.1. The van der Waals surface area contributed by atoms with Crippen LogP contribution >= 0.6 is 0 Å². The summed E-state index contributed by atoms with van der Waals surface area (Å²) in [7, 11) is 0. The van der Waals surface area contributed by atoms with E-state index in [2.05, 4.69) is 50.0 Å². The molecular weight excluding hydrogens is 352 g/mol. The highest BCUT2D eigenvalue weighted by molar-refractivity contribution is 5.94. The number of tetrazole rings is 1. The third-order valence-corrected chi connectivity index (χ3v) is 5.05. The van der Waals surface area contributed by atoms with E-state index in [0.717, 1.165) is 17.8 Å². The average molecular weight is 376 g/mol. The van der Waals surface area contributed by atoms with Crippen molar-refractivity contribution in [1.29, 1.82) is 0 Å². The lowest BCUT2D eigenvalue weighted by Crippen LogP contribution is -2.29. The Balaban J connectivity index is 1.32. The molecule has 0 aliphatic carbocycles. The number of amides is 1. The Hall–Kier alpha value is -3.06. The predicted molar refractivity (Wildman–Crippen MR) is 106 cm³/mol. The van der Waals surface area contributed by atoms with Crippen molar-refractivity contribution in [3.05, 3.63) is 71.5 Å². The predicted octanol–water partition coefficient (Wildman–Crippen LogP) is 2.58. The van der Waals surface area contributed by atoms with E-state index >= 15 is 0 Å². The summed E-state index contributed by atoms with van der Waals surface area (Å²) < 4.78 is 1.53. The minimum Gasteiger partial charge on any atom is -0.348 e. The van der Waals surface area contributed by atoms with E-state index in [1.165, 1.54) is 48.9 Å². The Morgan fingerprint density at radius 2 is 1.79 bits per heavy atom. The largest absolute Gasteiger partial charge is 0.348 e. The van der Waals surface area contributed by atoms with Gasteiger partial charge in [-0.1, -0.05) is 36.8 Å². The fourth-order valence-electron chi connectivity index (χ4n) is 3.49. The Bertz CT molecular complexity index is 901. The number of hydrogen-bond donors (Lipinski definition) is 1. The summed E-state index contributed by atoms with van der Waals surface area (Å²) in [5.74, 6) is -0.118. The third kappa shape index (κ3) is 4.61. The first-order valence-corrected chi connectivity index (χ1v) is 9.70. The van der Waals surface area contributed by atoms with Crippen LogP contribution in [-0.4, -0.2) is 44.1 Å². The van der Waals surface area contributed by atoms with Crippen molar-refractivity contribution in [3.8, 4) is 5.69 Å². The number of piperidine rings is 1. The summed E-state index contributed by atoms with van der Waals surface area (Å²) in [6, 6.07) is 15.7. The van der Waals surface area contributed by atoms with Gasteiger partial charge in [-0.05, 0) is 65.7 Å². The first kappa shape index (κ1) is 18.3. The summed E-state index contributed by atoms with van der Waals surface area (Å²) >= 11 is 0. The topological polar surface area (TPSA) is 75.9 Å². The molecule has 7 heteroatoms. The van der Waals surface area contributed by atoms with E-state index in [9.17, 15) is 4.79 Å². The molecule has 144 valence electrons. The monoisotopic (exact) mass is 376 g/mol. The molecule has 28 heavy (non-hydrogen) atoms. The van der Waals surface area contributed by atoms with Crippen molar-refractivity contribution in [2.75, 3.05) is 13.1 Å². The molecule has 1 aliphatic heterocycles. The van der Waals surface area contributed by atoms with Crippen molar-refractivity contribution < 1.29 is 4.79 Å². The average Bonchev–Trinajstić information content (AvgIpc) is 3.29. The lowest BCUT2D eigenvalue weighted by molar-refractivity contribution is 0.0951. The van der Waals surface area contributed by atoms with Crippen molar-refractivity contribution in [1.82, 2.24) is 30.4 Å². The van der Waals surface area contributed by atoms with Crippen LogP contribution in [0, 0.1) is 0 Å². The minimum atomic E-state index is -0.118. The second-order valence-corrected chi connectivity index (χ2v) is 7.14. The minimum absolute atomic E-state index is 0.118. The van der Waals surface area contributed by atoms with Crippen LogP contribution in [0.25, 0.3) is 5.69 Å². The van der Waals surface area contributed by atoms with Crippen molar-refractivity contribution in [3.63, 3.8) is 0 Å². The molecule has 4 rings (SSSR count). The van der Waals surface area contributed by atoms with Gasteiger partial charge >= 0.3 is 0 Å². The number of carbonyl (C=O) groups is 1. The fourth-order valence-corrected chi connectivity index (χ4v) is 3.49. The number of aromatic nitrogens is 4. The van der Waals surface area contributed by atoms with Gasteiger partial charge in [-0.15, -0.1) is 5.10 Å². The van der Waals surface area contributed by atoms with Gasteiger partial charge in [0.25, 0.3) is 5.91 Å². The molecule has 1 aromatic heterocycles. The Labute approximate surface area is 164 Å². The van der Waals surface area contributed by atoms with Gasteiger partial charge in [0.1, 0.15) is 6.33 Å². The Morgan fingerprint density at radius 1 is 1.00 bits per heavy atom. The molecule has 1 amide bonds. The zero-order chi connectivity index (χ0) is 19.2. The number of carbonyl (C=O) groups excluding carboxylic acids is 1. The molecule has 1 saturated heterocycles. The molecule has 0 radical (unpaired) electrons. The SMILES string of the molecule is O=C(NCc1ccc(CN2CCCCC2)cc1)c1cccc(-n2cnnn2)c1. The number of hydrogen-bond acceptors (Lipinski definition) is 5. The van der Waals surface area contributed by atoms with E-state index in [0.29, 0.717) is 12.1 Å². The molecule has 1 fully saturated rings. The van der Waals surface area contributed by atoms with E-state index in [1.54, 1.807) is 12.1 Å². The van der Waals surface area contributed by atoms with Crippen LogP contribution in [0.3, 0.4) is 0 Å². The molecule has 0 saturated carbocycles. The van der Waals surface area contributed by atoms with Gasteiger partial charge in [-0.2, -0.15) is 0 Å². The molecule has 0 spiro atoms. The molecule has 1 N–H and O–H groups in total. The lowest BCUT2D eigenvalue weighted by Gasteiger charge is -2.26. The summed E-state index contributed by atoms with van der Waals surface area (Å²) in [5.41, 5.74) is 3.74. The Kier molecular flexibility index (Phi) is 5.72. The van der Waals surface area contributed by atoms with E-state index in [1.807, 2.05) is 12.1 Å². The van der Waals surface area contributed by atoms with Crippen LogP contribution in [0.4, 0.5) is 0 Å². The number of rotatable bonds is 6. The summed E-state index contributed by atoms with van der Waals surface area (Å²) in [6.07, 6.45) is 5.47. The molecule has 2 aromatic carbocycles. The van der Waals surface area contributed by atoms with Gasteiger partial charge in [0.2, 0.25) is 0 Å². The number of likely N-dealkylation sites (tertiary alicyclic amines) is 1. The maximum Gasteiger partial charge on any atom is 0.251 e. The van der Waals surface area contributed by atoms with E-state index in [4.69, 9.17) is 0 Å². The van der Waals surface area contributed by atoms with Gasteiger partial charge in [0, 0.05) is 18.7 Å². The third-order valence-electron chi connectivity index (χ3n) is 5.05. The molecule has 0 atom stereocenters.